The molecule has 4 aromatic rings. The summed E-state index contributed by atoms with van der Waals surface area (Å²) in [6, 6.07) is 16.8. The van der Waals surface area contributed by atoms with Crippen molar-refractivity contribution >= 4 is 22.8 Å². The standard InChI is InChI=1S/C24H18FNO5/c1-29-19-12-9-15(13-20(19)30-2)23(28)26-24-21(14-7-10-16(25)11-8-14)22(27)17-5-3-4-6-18(17)31-24/h3-13H,1-2H3,(H,26,28). The molecule has 0 bridgehead atoms. The minimum absolute atomic E-state index is 0.0323. The average molecular weight is 419 g/mol. The smallest absolute Gasteiger partial charge is 0.258 e. The number of fused-ring (bicyclic) bond motifs is 1. The Morgan fingerprint density at radius 3 is 2.35 bits per heavy atom. The Balaban J connectivity index is 1.83. The number of carbonyl (C=O) groups is 1. The third-order valence-electron chi connectivity index (χ3n) is 4.80. The highest BCUT2D eigenvalue weighted by Gasteiger charge is 2.20. The zero-order chi connectivity index (χ0) is 22.0. The number of para-hydroxylation sites is 1. The van der Waals surface area contributed by atoms with Crippen molar-refractivity contribution in [1.82, 2.24) is 0 Å². The lowest BCUT2D eigenvalue weighted by atomic mass is 10.0. The molecule has 0 aliphatic carbocycles. The first kappa shape index (κ1) is 20.2. The maximum Gasteiger partial charge on any atom is 0.258 e. The molecule has 0 aliphatic heterocycles. The summed E-state index contributed by atoms with van der Waals surface area (Å²) in [5, 5.41) is 3.02. The lowest BCUT2D eigenvalue weighted by Crippen LogP contribution is -2.16. The second-order valence-electron chi connectivity index (χ2n) is 6.66. The van der Waals surface area contributed by atoms with Crippen LogP contribution in [0.15, 0.2) is 75.9 Å². The van der Waals surface area contributed by atoms with Gasteiger partial charge in [0.25, 0.3) is 5.91 Å². The van der Waals surface area contributed by atoms with Crippen LogP contribution in [0.1, 0.15) is 10.4 Å². The summed E-state index contributed by atoms with van der Waals surface area (Å²) in [5.74, 6) is -0.125. The van der Waals surface area contributed by atoms with E-state index >= 15 is 0 Å². The monoisotopic (exact) mass is 419 g/mol. The van der Waals surface area contributed by atoms with Crippen LogP contribution in [0.25, 0.3) is 22.1 Å². The highest BCUT2D eigenvalue weighted by atomic mass is 19.1. The van der Waals surface area contributed by atoms with Gasteiger partial charge < -0.3 is 13.9 Å². The third kappa shape index (κ3) is 3.85. The van der Waals surface area contributed by atoms with Crippen molar-refractivity contribution in [2.24, 2.45) is 0 Å². The van der Waals surface area contributed by atoms with Gasteiger partial charge in [-0.1, -0.05) is 24.3 Å². The van der Waals surface area contributed by atoms with Gasteiger partial charge in [-0.25, -0.2) is 4.39 Å². The predicted molar refractivity (Wildman–Crippen MR) is 115 cm³/mol. The van der Waals surface area contributed by atoms with Crippen molar-refractivity contribution in [2.75, 3.05) is 19.5 Å². The minimum atomic E-state index is -0.511. The molecule has 6 nitrogen and oxygen atoms in total. The van der Waals surface area contributed by atoms with Gasteiger partial charge in [-0.2, -0.15) is 0 Å². The van der Waals surface area contributed by atoms with E-state index in [1.165, 1.54) is 44.6 Å². The van der Waals surface area contributed by atoms with Crippen molar-refractivity contribution in [2.45, 2.75) is 0 Å². The van der Waals surface area contributed by atoms with Gasteiger partial charge in [-0.05, 0) is 48.0 Å². The van der Waals surface area contributed by atoms with E-state index in [0.717, 1.165) is 0 Å². The molecule has 31 heavy (non-hydrogen) atoms. The largest absolute Gasteiger partial charge is 0.493 e. The minimum Gasteiger partial charge on any atom is -0.493 e. The van der Waals surface area contributed by atoms with Gasteiger partial charge in [0.2, 0.25) is 11.3 Å². The molecule has 0 spiro atoms. The number of nitrogens with one attached hydrogen (secondary N) is 1. The van der Waals surface area contributed by atoms with Crippen LogP contribution < -0.4 is 20.2 Å². The van der Waals surface area contributed by atoms with Crippen molar-refractivity contribution < 1.29 is 23.1 Å². The summed E-state index contributed by atoms with van der Waals surface area (Å²) < 4.78 is 29.7. The SMILES string of the molecule is COc1ccc(C(=O)Nc2oc3ccccc3c(=O)c2-c2ccc(F)cc2)cc1OC. The molecule has 0 unspecified atom stereocenters. The summed E-state index contributed by atoms with van der Waals surface area (Å²) in [6.07, 6.45) is 0. The van der Waals surface area contributed by atoms with Crippen molar-refractivity contribution in [1.29, 1.82) is 0 Å². The lowest BCUT2D eigenvalue weighted by molar-refractivity contribution is 0.102. The second kappa shape index (κ2) is 8.31. The molecule has 0 atom stereocenters. The van der Waals surface area contributed by atoms with Crippen LogP contribution >= 0.6 is 0 Å². The number of methoxy groups -OCH3 is 2. The number of ether oxygens (including phenoxy) is 2. The summed E-state index contributed by atoms with van der Waals surface area (Å²) in [4.78, 5) is 26.1. The highest BCUT2D eigenvalue weighted by Crippen LogP contribution is 2.31. The Morgan fingerprint density at radius 2 is 1.65 bits per heavy atom. The Labute approximate surface area is 176 Å². The van der Waals surface area contributed by atoms with Gasteiger partial charge >= 0.3 is 0 Å². The molecular weight excluding hydrogens is 401 g/mol. The predicted octanol–water partition coefficient (Wildman–Crippen LogP) is 4.87. The summed E-state index contributed by atoms with van der Waals surface area (Å²) in [6.45, 7) is 0. The first-order valence-electron chi connectivity index (χ1n) is 9.37. The first-order chi connectivity index (χ1) is 15.0. The number of hydrogen-bond donors (Lipinski definition) is 1. The Morgan fingerprint density at radius 1 is 0.935 bits per heavy atom. The maximum atomic E-state index is 13.4. The zero-order valence-electron chi connectivity index (χ0n) is 16.8. The van der Waals surface area contributed by atoms with Gasteiger partial charge in [-0.3, -0.25) is 14.9 Å². The van der Waals surface area contributed by atoms with E-state index in [9.17, 15) is 14.0 Å². The zero-order valence-corrected chi connectivity index (χ0v) is 16.8. The van der Waals surface area contributed by atoms with Crippen LogP contribution in [-0.2, 0) is 0 Å². The van der Waals surface area contributed by atoms with E-state index in [1.54, 1.807) is 36.4 Å². The molecule has 1 N–H and O–H groups in total. The number of benzene rings is 3. The normalized spacial score (nSPS) is 10.7. The van der Waals surface area contributed by atoms with Crippen molar-refractivity contribution in [3.63, 3.8) is 0 Å². The maximum absolute atomic E-state index is 13.4. The fraction of sp³-hybridized carbons (Fsp3) is 0.0833. The summed E-state index contributed by atoms with van der Waals surface area (Å²) >= 11 is 0. The van der Waals surface area contributed by atoms with Crippen LogP contribution in [-0.4, -0.2) is 20.1 Å². The molecule has 1 heterocycles. The second-order valence-corrected chi connectivity index (χ2v) is 6.66. The van der Waals surface area contributed by atoms with Crippen LogP contribution in [0.4, 0.5) is 10.3 Å². The van der Waals surface area contributed by atoms with Crippen molar-refractivity contribution in [3.05, 3.63) is 88.3 Å². The number of amides is 1. The topological polar surface area (TPSA) is 77.8 Å². The molecule has 0 radical (unpaired) electrons. The van der Waals surface area contributed by atoms with E-state index in [1.807, 2.05) is 0 Å². The number of rotatable bonds is 5. The lowest BCUT2D eigenvalue weighted by Gasteiger charge is -2.13. The molecule has 1 amide bonds. The molecule has 1 aromatic heterocycles. The molecule has 156 valence electrons. The molecule has 0 aliphatic rings. The summed E-state index contributed by atoms with van der Waals surface area (Å²) in [5.41, 5.74) is 0.812. The number of anilines is 1. The first-order valence-corrected chi connectivity index (χ1v) is 9.37. The van der Waals surface area contributed by atoms with Crippen molar-refractivity contribution in [3.8, 4) is 22.6 Å². The molecule has 3 aromatic carbocycles. The Hall–Kier alpha value is -4.13. The molecule has 0 saturated carbocycles. The number of carbonyl (C=O) groups excluding carboxylic acids is 1. The molecular formula is C24H18FNO5. The van der Waals surface area contributed by atoms with Gasteiger partial charge in [0.05, 0.1) is 25.2 Å². The highest BCUT2D eigenvalue weighted by molar-refractivity contribution is 6.06. The molecule has 0 fully saturated rings. The van der Waals surface area contributed by atoms with E-state index in [0.29, 0.717) is 28.0 Å². The van der Waals surface area contributed by atoms with Crippen LogP contribution in [0, 0.1) is 5.82 Å². The van der Waals surface area contributed by atoms with Crippen LogP contribution in [0.5, 0.6) is 11.5 Å². The third-order valence-corrected chi connectivity index (χ3v) is 4.80. The molecule has 4 rings (SSSR count). The van der Waals surface area contributed by atoms with Gasteiger partial charge in [-0.15, -0.1) is 0 Å². The molecule has 0 saturated heterocycles. The Bertz CT molecular complexity index is 1330. The Kier molecular flexibility index (Phi) is 5.41. The molecule has 7 heteroatoms. The van der Waals surface area contributed by atoms with E-state index in [-0.39, 0.29) is 22.4 Å². The number of hydrogen-bond acceptors (Lipinski definition) is 5. The van der Waals surface area contributed by atoms with Crippen LogP contribution in [0.3, 0.4) is 0 Å². The fourth-order valence-electron chi connectivity index (χ4n) is 3.26. The van der Waals surface area contributed by atoms with E-state index < -0.39 is 11.7 Å². The van der Waals surface area contributed by atoms with Gasteiger partial charge in [0.15, 0.2) is 11.5 Å². The average Bonchev–Trinajstić information content (AvgIpc) is 2.79. The fourth-order valence-corrected chi connectivity index (χ4v) is 3.26. The van der Waals surface area contributed by atoms with Gasteiger partial charge in [0.1, 0.15) is 11.4 Å². The van der Waals surface area contributed by atoms with Gasteiger partial charge in [0, 0.05) is 5.56 Å². The van der Waals surface area contributed by atoms with E-state index in [2.05, 4.69) is 5.32 Å². The quantitative estimate of drug-likeness (QED) is 0.499. The van der Waals surface area contributed by atoms with E-state index in [4.69, 9.17) is 13.9 Å². The number of halogens is 1. The summed E-state index contributed by atoms with van der Waals surface area (Å²) in [7, 11) is 2.96. The van der Waals surface area contributed by atoms with Crippen LogP contribution in [0.2, 0.25) is 0 Å².